The lowest BCUT2D eigenvalue weighted by Crippen LogP contribution is -2.00. The second-order valence-electron chi connectivity index (χ2n) is 1.83. The van der Waals surface area contributed by atoms with Crippen LogP contribution in [0.5, 0.6) is 0 Å². The van der Waals surface area contributed by atoms with Crippen LogP contribution in [0, 0.1) is 0 Å². The minimum absolute atomic E-state index is 0.112. The van der Waals surface area contributed by atoms with Gasteiger partial charge in [-0.15, -0.1) is 0 Å². The van der Waals surface area contributed by atoms with E-state index in [4.69, 9.17) is 5.48 Å². The maximum absolute atomic E-state index is 11.1. The Morgan fingerprint density at radius 2 is 2.20 bits per heavy atom. The van der Waals surface area contributed by atoms with E-state index in [1.54, 1.807) is 0 Å². The van der Waals surface area contributed by atoms with Crippen molar-refractivity contribution in [3.63, 3.8) is 0 Å². The fourth-order valence-electron chi connectivity index (χ4n) is 0.733. The summed E-state index contributed by atoms with van der Waals surface area (Å²) in [5, 5.41) is 0. The van der Waals surface area contributed by atoms with E-state index < -0.39 is 11.6 Å². The number of pyridine rings is 1. The van der Waals surface area contributed by atoms with E-state index in [9.17, 15) is 4.79 Å². The van der Waals surface area contributed by atoms with Gasteiger partial charge in [-0.2, -0.15) is 0 Å². The number of hydrogen-bond acceptors (Lipinski definition) is 1. The van der Waals surface area contributed by atoms with E-state index in [0.717, 1.165) is 0 Å². The van der Waals surface area contributed by atoms with Gasteiger partial charge in [0.1, 0.15) is 0 Å². The van der Waals surface area contributed by atoms with Crippen LogP contribution >= 0.6 is 0 Å². The van der Waals surface area contributed by atoms with Crippen molar-refractivity contribution in [2.24, 2.45) is 0 Å². The molecule has 0 amide bonds. The SMILES string of the molecule is [2H]c1[nH]c2c([2H])c([2H])c(=O)[nH]c2c1[2H]. The first kappa shape index (κ1) is 2.62. The summed E-state index contributed by atoms with van der Waals surface area (Å²) in [6, 6.07) is -0.903. The lowest BCUT2D eigenvalue weighted by atomic mass is 10.4. The van der Waals surface area contributed by atoms with E-state index >= 15 is 0 Å². The van der Waals surface area contributed by atoms with Gasteiger partial charge < -0.3 is 9.97 Å². The van der Waals surface area contributed by atoms with Gasteiger partial charge in [0, 0.05) is 12.2 Å². The van der Waals surface area contributed by atoms with Crippen molar-refractivity contribution in [1.82, 2.24) is 9.97 Å². The summed E-state index contributed by atoms with van der Waals surface area (Å²) in [4.78, 5) is 15.8. The molecule has 0 bridgehead atoms. The Kier molecular flexibility index (Phi) is 0.454. The van der Waals surface area contributed by atoms with Gasteiger partial charge in [0.05, 0.1) is 16.5 Å². The number of H-pyrrole nitrogens is 2. The Labute approximate surface area is 62.3 Å². The fourth-order valence-corrected chi connectivity index (χ4v) is 0.733. The van der Waals surface area contributed by atoms with Crippen LogP contribution < -0.4 is 5.56 Å². The van der Waals surface area contributed by atoms with Crippen LogP contribution in [0.1, 0.15) is 5.48 Å². The standard InChI is InChI=1S/C7H6N2O/c10-7-2-1-5-6(9-7)3-4-8-5/h1-4,8H,(H,9,10)/i1D,2D,3D,4D. The summed E-state index contributed by atoms with van der Waals surface area (Å²) >= 11 is 0. The highest BCUT2D eigenvalue weighted by molar-refractivity contribution is 5.73. The summed E-state index contributed by atoms with van der Waals surface area (Å²) in [6.07, 6.45) is -0.172. The van der Waals surface area contributed by atoms with E-state index in [-0.39, 0.29) is 29.3 Å². The third-order valence-corrected chi connectivity index (χ3v) is 1.16. The van der Waals surface area contributed by atoms with Crippen LogP contribution in [-0.2, 0) is 0 Å². The molecule has 10 heavy (non-hydrogen) atoms. The number of aromatic nitrogens is 2. The fraction of sp³-hybridized carbons (Fsp3) is 0. The molecular weight excluding hydrogens is 128 g/mol. The number of fused-ring (bicyclic) bond motifs is 1. The van der Waals surface area contributed by atoms with Crippen LogP contribution in [0.15, 0.2) is 29.1 Å². The van der Waals surface area contributed by atoms with Crippen LogP contribution in [-0.4, -0.2) is 9.97 Å². The van der Waals surface area contributed by atoms with E-state index in [1.807, 2.05) is 0 Å². The first-order valence-electron chi connectivity index (χ1n) is 4.70. The molecule has 2 N–H and O–H groups in total. The van der Waals surface area contributed by atoms with Gasteiger partial charge >= 0.3 is 0 Å². The van der Waals surface area contributed by atoms with Crippen molar-refractivity contribution in [2.75, 3.05) is 0 Å². The second-order valence-corrected chi connectivity index (χ2v) is 1.83. The van der Waals surface area contributed by atoms with Gasteiger partial charge in [-0.25, -0.2) is 0 Å². The number of aromatic amines is 2. The Morgan fingerprint density at radius 3 is 3.10 bits per heavy atom. The molecule has 0 aliphatic carbocycles. The lowest BCUT2D eigenvalue weighted by Gasteiger charge is -1.84. The Balaban J connectivity index is 3.05. The third kappa shape index (κ3) is 0.639. The number of hydrogen-bond donors (Lipinski definition) is 2. The van der Waals surface area contributed by atoms with Gasteiger partial charge in [-0.3, -0.25) is 4.79 Å². The monoisotopic (exact) mass is 138 g/mol. The second kappa shape index (κ2) is 1.73. The predicted molar refractivity (Wildman–Crippen MR) is 38.9 cm³/mol. The van der Waals surface area contributed by atoms with Gasteiger partial charge in [0.2, 0.25) is 5.56 Å². The van der Waals surface area contributed by atoms with Gasteiger partial charge in [0.25, 0.3) is 0 Å². The highest BCUT2D eigenvalue weighted by Gasteiger charge is 1.90. The van der Waals surface area contributed by atoms with Crippen molar-refractivity contribution in [2.45, 2.75) is 0 Å². The molecule has 3 heteroatoms. The molecule has 0 saturated heterocycles. The van der Waals surface area contributed by atoms with E-state index in [2.05, 4.69) is 9.97 Å². The molecule has 0 aliphatic heterocycles. The highest BCUT2D eigenvalue weighted by Crippen LogP contribution is 2.03. The molecule has 0 atom stereocenters. The average Bonchev–Trinajstić information content (AvgIpc) is 2.42. The van der Waals surface area contributed by atoms with Crippen LogP contribution in [0.25, 0.3) is 11.0 Å². The lowest BCUT2D eigenvalue weighted by molar-refractivity contribution is 1.31. The molecule has 0 aliphatic rings. The highest BCUT2D eigenvalue weighted by atomic mass is 16.1. The summed E-state index contributed by atoms with van der Waals surface area (Å²) in [7, 11) is 0. The Morgan fingerprint density at radius 1 is 1.30 bits per heavy atom. The van der Waals surface area contributed by atoms with Crippen molar-refractivity contribution in [3.05, 3.63) is 34.7 Å². The quantitative estimate of drug-likeness (QED) is 0.557. The smallest absolute Gasteiger partial charge is 0.248 e. The van der Waals surface area contributed by atoms with E-state index in [0.29, 0.717) is 0 Å². The summed E-state index contributed by atoms with van der Waals surface area (Å²) in [6.45, 7) is 0. The molecule has 0 fully saturated rings. The molecule has 0 radical (unpaired) electrons. The molecule has 0 saturated carbocycles. The maximum Gasteiger partial charge on any atom is 0.248 e. The topological polar surface area (TPSA) is 48.6 Å². The van der Waals surface area contributed by atoms with Crippen molar-refractivity contribution in [3.8, 4) is 0 Å². The van der Waals surface area contributed by atoms with Crippen molar-refractivity contribution in [1.29, 1.82) is 0 Å². The van der Waals surface area contributed by atoms with Crippen LogP contribution in [0.4, 0.5) is 0 Å². The molecule has 2 heterocycles. The van der Waals surface area contributed by atoms with Crippen molar-refractivity contribution >= 4 is 11.0 Å². The maximum atomic E-state index is 11.1. The zero-order valence-electron chi connectivity index (χ0n) is 8.91. The first-order chi connectivity index (χ1) is 6.52. The first-order valence-corrected chi connectivity index (χ1v) is 2.70. The molecule has 0 aromatic carbocycles. The molecule has 2 rings (SSSR count). The largest absolute Gasteiger partial charge is 0.360 e. The molecule has 2 aromatic rings. The average molecular weight is 138 g/mol. The summed E-state index contributed by atoms with van der Waals surface area (Å²) < 4.78 is 29.3. The molecular formula is C7H6N2O. The number of nitrogens with one attached hydrogen (secondary N) is 2. The zero-order chi connectivity index (χ0) is 10.5. The van der Waals surface area contributed by atoms with Gasteiger partial charge in [0.15, 0.2) is 0 Å². The third-order valence-electron chi connectivity index (χ3n) is 1.16. The van der Waals surface area contributed by atoms with E-state index in [1.165, 1.54) is 0 Å². The predicted octanol–water partition coefficient (Wildman–Crippen LogP) is 0.856. The minimum Gasteiger partial charge on any atom is -0.360 e. The van der Waals surface area contributed by atoms with Gasteiger partial charge in [-0.05, 0) is 12.1 Å². The zero-order valence-corrected chi connectivity index (χ0v) is 4.91. The molecule has 0 unspecified atom stereocenters. The minimum atomic E-state index is -0.713. The Hall–Kier alpha value is -1.51. The van der Waals surface area contributed by atoms with Gasteiger partial charge in [-0.1, -0.05) is 0 Å². The molecule has 2 aromatic heterocycles. The van der Waals surface area contributed by atoms with Crippen LogP contribution in [0.2, 0.25) is 0 Å². The summed E-state index contributed by atoms with van der Waals surface area (Å²) in [5.41, 5.74) is -0.444. The molecule has 3 nitrogen and oxygen atoms in total. The van der Waals surface area contributed by atoms with Crippen LogP contribution in [0.3, 0.4) is 0 Å². The molecule has 50 valence electrons. The Bertz CT molecular complexity index is 571. The summed E-state index contributed by atoms with van der Waals surface area (Å²) in [5.74, 6) is 0. The molecule has 0 spiro atoms. The number of rotatable bonds is 0. The normalized spacial score (nSPS) is 16.0. The van der Waals surface area contributed by atoms with Crippen molar-refractivity contribution < 1.29 is 5.48 Å².